The molecule has 0 aliphatic heterocycles. The van der Waals surface area contributed by atoms with E-state index in [-0.39, 0.29) is 0 Å². The highest BCUT2D eigenvalue weighted by Crippen LogP contribution is 2.46. The Morgan fingerprint density at radius 1 is 0.345 bits per heavy atom. The van der Waals surface area contributed by atoms with Crippen molar-refractivity contribution in [3.8, 4) is 33.4 Å². The molecule has 272 valence electrons. The smallest absolute Gasteiger partial charge is 0.143 e. The normalized spacial score (nSPS) is 11.8. The average Bonchev–Trinajstić information content (AvgIpc) is 3.99. The maximum atomic E-state index is 6.50. The van der Waals surface area contributed by atoms with Gasteiger partial charge in [-0.3, -0.25) is 0 Å². The molecular formula is C54H33NO2S. The molecule has 3 aromatic heterocycles. The molecule has 0 fully saturated rings. The molecular weight excluding hydrogens is 727 g/mol. The van der Waals surface area contributed by atoms with Gasteiger partial charge in [0.1, 0.15) is 22.3 Å². The molecule has 3 nitrogen and oxygen atoms in total. The van der Waals surface area contributed by atoms with Crippen molar-refractivity contribution in [1.82, 2.24) is 0 Å². The minimum absolute atomic E-state index is 0.890. The van der Waals surface area contributed by atoms with Gasteiger partial charge in [0.15, 0.2) is 0 Å². The molecule has 0 amide bonds. The van der Waals surface area contributed by atoms with E-state index in [9.17, 15) is 0 Å². The van der Waals surface area contributed by atoms with E-state index in [1.807, 2.05) is 29.5 Å². The van der Waals surface area contributed by atoms with Crippen molar-refractivity contribution in [2.75, 3.05) is 4.90 Å². The van der Waals surface area contributed by atoms with Gasteiger partial charge in [0.25, 0.3) is 0 Å². The van der Waals surface area contributed by atoms with Gasteiger partial charge in [-0.15, -0.1) is 11.3 Å². The van der Waals surface area contributed by atoms with E-state index in [4.69, 9.17) is 8.83 Å². The minimum atomic E-state index is 0.890. The van der Waals surface area contributed by atoms with Crippen molar-refractivity contribution in [2.24, 2.45) is 0 Å². The monoisotopic (exact) mass is 759 g/mol. The lowest BCUT2D eigenvalue weighted by atomic mass is 9.98. The SMILES string of the molecule is c1ccc(-c2cccc3c2oc2ccc(-c4ccc(N(c5ccc(-c6cccc7oc8ccccc8c67)cc5)c5cccc6sc7ccccc7c56)cc4)cc23)cc1. The van der Waals surface area contributed by atoms with Gasteiger partial charge in [-0.2, -0.15) is 0 Å². The Morgan fingerprint density at radius 3 is 1.79 bits per heavy atom. The summed E-state index contributed by atoms with van der Waals surface area (Å²) in [5.74, 6) is 0. The van der Waals surface area contributed by atoms with Crippen molar-refractivity contribution in [3.63, 3.8) is 0 Å². The van der Waals surface area contributed by atoms with Gasteiger partial charge in [-0.1, -0.05) is 133 Å². The fourth-order valence-corrected chi connectivity index (χ4v) is 9.93. The zero-order valence-electron chi connectivity index (χ0n) is 31.2. The molecule has 0 radical (unpaired) electrons. The van der Waals surface area contributed by atoms with Crippen molar-refractivity contribution in [3.05, 3.63) is 200 Å². The summed E-state index contributed by atoms with van der Waals surface area (Å²) in [7, 11) is 0. The van der Waals surface area contributed by atoms with E-state index in [2.05, 4.69) is 187 Å². The van der Waals surface area contributed by atoms with E-state index in [1.54, 1.807) is 0 Å². The van der Waals surface area contributed by atoms with Crippen LogP contribution in [0.2, 0.25) is 0 Å². The standard InChI is InChI=1S/C54H33NO2S/c1-2-11-35(12-3-1)41-16-8-17-42-45-33-37(27-32-48(45)57-54(41)42)34-23-28-38(29-24-34)55(46-18-10-22-51-53(46)44-14-5-7-21-50(44)58-51)39-30-25-36(26-31-39)40-15-9-20-49-52(40)43-13-4-6-19-47(43)56-49/h1-33H. The topological polar surface area (TPSA) is 29.5 Å². The Morgan fingerprint density at radius 2 is 0.948 bits per heavy atom. The van der Waals surface area contributed by atoms with E-state index in [0.717, 1.165) is 94.3 Å². The molecule has 12 rings (SSSR count). The largest absolute Gasteiger partial charge is 0.456 e. The number of benzene rings is 9. The van der Waals surface area contributed by atoms with Gasteiger partial charge in [-0.25, -0.2) is 0 Å². The van der Waals surface area contributed by atoms with Crippen LogP contribution in [0.25, 0.3) is 97.4 Å². The Balaban J connectivity index is 0.975. The number of anilines is 3. The van der Waals surface area contributed by atoms with Crippen molar-refractivity contribution in [1.29, 1.82) is 0 Å². The van der Waals surface area contributed by atoms with Crippen molar-refractivity contribution < 1.29 is 8.83 Å². The molecule has 0 unspecified atom stereocenters. The number of furan rings is 2. The van der Waals surface area contributed by atoms with Crippen LogP contribution in [0.5, 0.6) is 0 Å². The van der Waals surface area contributed by atoms with E-state index < -0.39 is 0 Å². The molecule has 0 saturated carbocycles. The molecule has 4 heteroatoms. The number of hydrogen-bond acceptors (Lipinski definition) is 4. The summed E-state index contributed by atoms with van der Waals surface area (Å²) < 4.78 is 15.3. The number of nitrogens with zero attached hydrogens (tertiary/aromatic N) is 1. The summed E-state index contributed by atoms with van der Waals surface area (Å²) in [6.07, 6.45) is 0. The Labute approximate surface area is 338 Å². The van der Waals surface area contributed by atoms with Crippen LogP contribution in [0.15, 0.2) is 209 Å². The first-order valence-corrected chi connectivity index (χ1v) is 20.4. The molecule has 0 atom stereocenters. The highest BCUT2D eigenvalue weighted by Gasteiger charge is 2.20. The lowest BCUT2D eigenvalue weighted by Crippen LogP contribution is -2.10. The fraction of sp³-hybridized carbons (Fsp3) is 0. The zero-order valence-corrected chi connectivity index (χ0v) is 32.0. The summed E-state index contributed by atoms with van der Waals surface area (Å²) in [4.78, 5) is 2.40. The maximum Gasteiger partial charge on any atom is 0.143 e. The van der Waals surface area contributed by atoms with Crippen LogP contribution >= 0.6 is 11.3 Å². The lowest BCUT2D eigenvalue weighted by Gasteiger charge is -2.27. The van der Waals surface area contributed by atoms with Crippen LogP contribution in [0.1, 0.15) is 0 Å². The Kier molecular flexibility index (Phi) is 7.40. The highest BCUT2D eigenvalue weighted by molar-refractivity contribution is 7.26. The highest BCUT2D eigenvalue weighted by atomic mass is 32.1. The molecule has 0 spiro atoms. The lowest BCUT2D eigenvalue weighted by molar-refractivity contribution is 0.669. The number of fused-ring (bicyclic) bond motifs is 9. The van der Waals surface area contributed by atoms with Crippen LogP contribution < -0.4 is 4.90 Å². The fourth-order valence-electron chi connectivity index (χ4n) is 8.80. The van der Waals surface area contributed by atoms with E-state index >= 15 is 0 Å². The summed E-state index contributed by atoms with van der Waals surface area (Å²) in [6.45, 7) is 0. The van der Waals surface area contributed by atoms with E-state index in [1.165, 1.54) is 20.2 Å². The third kappa shape index (κ3) is 5.19. The molecule has 0 saturated heterocycles. The summed E-state index contributed by atoms with van der Waals surface area (Å²) in [5.41, 5.74) is 13.8. The molecule has 3 heterocycles. The predicted octanol–water partition coefficient (Wildman–Crippen LogP) is 16.3. The molecule has 0 N–H and O–H groups in total. The number of hydrogen-bond donors (Lipinski definition) is 0. The first-order valence-electron chi connectivity index (χ1n) is 19.6. The molecule has 12 aromatic rings. The van der Waals surface area contributed by atoms with Crippen LogP contribution in [-0.4, -0.2) is 0 Å². The van der Waals surface area contributed by atoms with Gasteiger partial charge in [0, 0.05) is 58.7 Å². The predicted molar refractivity (Wildman–Crippen MR) is 245 cm³/mol. The van der Waals surface area contributed by atoms with Crippen LogP contribution in [-0.2, 0) is 0 Å². The second kappa shape index (κ2) is 13.1. The zero-order chi connectivity index (χ0) is 38.2. The quantitative estimate of drug-likeness (QED) is 0.169. The summed E-state index contributed by atoms with van der Waals surface area (Å²) in [6, 6.07) is 71.4. The Hall–Kier alpha value is -7.40. The first kappa shape index (κ1) is 32.8. The minimum Gasteiger partial charge on any atom is -0.456 e. The van der Waals surface area contributed by atoms with Crippen LogP contribution in [0.4, 0.5) is 17.1 Å². The van der Waals surface area contributed by atoms with Gasteiger partial charge in [-0.05, 0) is 94.5 Å². The molecule has 0 bridgehead atoms. The Bertz CT molecular complexity index is 3500. The third-order valence-electron chi connectivity index (χ3n) is 11.5. The van der Waals surface area contributed by atoms with Crippen molar-refractivity contribution in [2.45, 2.75) is 0 Å². The average molecular weight is 760 g/mol. The van der Waals surface area contributed by atoms with Gasteiger partial charge < -0.3 is 13.7 Å². The first-order chi connectivity index (χ1) is 28.7. The summed E-state index contributed by atoms with van der Waals surface area (Å²) >= 11 is 1.84. The second-order valence-electron chi connectivity index (χ2n) is 14.8. The number of para-hydroxylation sites is 2. The van der Waals surface area contributed by atoms with Gasteiger partial charge >= 0.3 is 0 Å². The molecule has 0 aliphatic carbocycles. The van der Waals surface area contributed by atoms with Crippen LogP contribution in [0, 0.1) is 0 Å². The summed E-state index contributed by atoms with van der Waals surface area (Å²) in [5, 5.41) is 7.05. The van der Waals surface area contributed by atoms with E-state index in [0.29, 0.717) is 0 Å². The third-order valence-corrected chi connectivity index (χ3v) is 12.6. The number of thiophene rings is 1. The molecule has 58 heavy (non-hydrogen) atoms. The van der Waals surface area contributed by atoms with Crippen LogP contribution in [0.3, 0.4) is 0 Å². The number of rotatable bonds is 6. The second-order valence-corrected chi connectivity index (χ2v) is 15.9. The van der Waals surface area contributed by atoms with Crippen molar-refractivity contribution >= 4 is 92.4 Å². The maximum absolute atomic E-state index is 6.50. The van der Waals surface area contributed by atoms with Gasteiger partial charge in [0.2, 0.25) is 0 Å². The molecule has 0 aliphatic rings. The van der Waals surface area contributed by atoms with Gasteiger partial charge in [0.05, 0.1) is 5.69 Å². The molecule has 9 aromatic carbocycles.